The molecule has 1 saturated heterocycles. The van der Waals surface area contributed by atoms with Crippen LogP contribution in [0.25, 0.3) is 0 Å². The monoisotopic (exact) mass is 382 g/mol. The molecule has 2 aromatic carbocycles. The second-order valence-electron chi connectivity index (χ2n) is 6.77. The highest BCUT2D eigenvalue weighted by molar-refractivity contribution is 8.00. The lowest BCUT2D eigenvalue weighted by Gasteiger charge is -2.29. The fourth-order valence-corrected chi connectivity index (χ4v) is 4.75. The molecule has 4 nitrogen and oxygen atoms in total. The third-order valence-corrected chi connectivity index (χ3v) is 6.36. The van der Waals surface area contributed by atoms with Crippen molar-refractivity contribution >= 4 is 23.6 Å². The summed E-state index contributed by atoms with van der Waals surface area (Å²) in [5, 5.41) is 3.07. The van der Waals surface area contributed by atoms with Crippen LogP contribution in [0.4, 0.5) is 0 Å². The number of hydrogen-bond acceptors (Lipinski definition) is 3. The summed E-state index contributed by atoms with van der Waals surface area (Å²) in [6, 6.07) is 17.3. The van der Waals surface area contributed by atoms with Crippen LogP contribution >= 0.6 is 11.8 Å². The van der Waals surface area contributed by atoms with Gasteiger partial charge in [0.2, 0.25) is 5.91 Å². The molecule has 2 unspecified atom stereocenters. The van der Waals surface area contributed by atoms with Crippen molar-refractivity contribution < 1.29 is 9.59 Å². The first kappa shape index (κ1) is 19.5. The number of hydrogen-bond donors (Lipinski definition) is 1. The maximum Gasteiger partial charge on any atom is 0.255 e. The van der Waals surface area contributed by atoms with E-state index in [9.17, 15) is 9.59 Å². The van der Waals surface area contributed by atoms with Gasteiger partial charge in [0, 0.05) is 17.9 Å². The highest BCUT2D eigenvalue weighted by Crippen LogP contribution is 2.33. The molecule has 1 heterocycles. The van der Waals surface area contributed by atoms with Crippen LogP contribution in [0.1, 0.15) is 34.8 Å². The predicted molar refractivity (Wildman–Crippen MR) is 111 cm³/mol. The van der Waals surface area contributed by atoms with Crippen molar-refractivity contribution in [2.75, 3.05) is 12.3 Å². The zero-order valence-corrected chi connectivity index (χ0v) is 16.7. The Morgan fingerprint density at radius 1 is 1.11 bits per heavy atom. The Kier molecular flexibility index (Phi) is 6.56. The summed E-state index contributed by atoms with van der Waals surface area (Å²) in [5.41, 5.74) is 2.82. The topological polar surface area (TPSA) is 49.4 Å². The highest BCUT2D eigenvalue weighted by atomic mass is 32.2. The zero-order chi connectivity index (χ0) is 19.2. The fourth-order valence-electron chi connectivity index (χ4n) is 3.40. The van der Waals surface area contributed by atoms with Crippen LogP contribution in [0.15, 0.2) is 54.6 Å². The highest BCUT2D eigenvalue weighted by Gasteiger charge is 2.41. The minimum atomic E-state index is -0.414. The first-order chi connectivity index (χ1) is 13.1. The minimum Gasteiger partial charge on any atom is -0.354 e. The first-order valence-corrected chi connectivity index (χ1v) is 10.5. The molecule has 27 heavy (non-hydrogen) atoms. The molecule has 1 aliphatic heterocycles. The molecular weight excluding hydrogens is 356 g/mol. The number of nitrogens with zero attached hydrogens (tertiary/aromatic N) is 1. The SMILES string of the molecule is CCC1SCC(C(=O)NCCc2ccccc2)N1C(=O)c1ccccc1C. The molecule has 0 saturated carbocycles. The lowest BCUT2D eigenvalue weighted by Crippen LogP contribution is -2.50. The second-order valence-corrected chi connectivity index (χ2v) is 7.98. The lowest BCUT2D eigenvalue weighted by atomic mass is 10.1. The van der Waals surface area contributed by atoms with Gasteiger partial charge in [-0.15, -0.1) is 11.8 Å². The smallest absolute Gasteiger partial charge is 0.255 e. The molecule has 0 radical (unpaired) electrons. The van der Waals surface area contributed by atoms with E-state index in [-0.39, 0.29) is 17.2 Å². The number of aryl methyl sites for hydroxylation is 1. The van der Waals surface area contributed by atoms with Gasteiger partial charge in [-0.2, -0.15) is 0 Å². The van der Waals surface area contributed by atoms with Crippen LogP contribution in [0.3, 0.4) is 0 Å². The number of thioether (sulfide) groups is 1. The maximum absolute atomic E-state index is 13.2. The van der Waals surface area contributed by atoms with E-state index in [1.54, 1.807) is 16.7 Å². The van der Waals surface area contributed by atoms with Crippen LogP contribution in [-0.2, 0) is 11.2 Å². The van der Waals surface area contributed by atoms with Crippen molar-refractivity contribution in [2.24, 2.45) is 0 Å². The minimum absolute atomic E-state index is 0.0435. The summed E-state index contributed by atoms with van der Waals surface area (Å²) in [7, 11) is 0. The molecule has 1 N–H and O–H groups in total. The van der Waals surface area contributed by atoms with Crippen LogP contribution in [-0.4, -0.2) is 40.4 Å². The molecular formula is C22H26N2O2S. The number of carbonyl (C=O) groups excluding carboxylic acids is 2. The molecule has 0 spiro atoms. The Morgan fingerprint density at radius 2 is 1.81 bits per heavy atom. The van der Waals surface area contributed by atoms with Crippen LogP contribution in [0.5, 0.6) is 0 Å². The fraction of sp³-hybridized carbons (Fsp3) is 0.364. The summed E-state index contributed by atoms with van der Waals surface area (Å²) in [6.07, 6.45) is 1.62. The Balaban J connectivity index is 1.68. The third kappa shape index (κ3) is 4.53. The van der Waals surface area contributed by atoms with Gasteiger partial charge in [-0.1, -0.05) is 55.5 Å². The van der Waals surface area contributed by atoms with E-state index in [1.807, 2.05) is 49.4 Å². The van der Waals surface area contributed by atoms with E-state index in [4.69, 9.17) is 0 Å². The number of amides is 2. The third-order valence-electron chi connectivity index (χ3n) is 4.91. The molecule has 0 aromatic heterocycles. The molecule has 2 amide bonds. The van der Waals surface area contributed by atoms with Gasteiger partial charge in [-0.3, -0.25) is 9.59 Å². The van der Waals surface area contributed by atoms with E-state index in [0.717, 1.165) is 18.4 Å². The average Bonchev–Trinajstić information content (AvgIpc) is 3.13. The first-order valence-electron chi connectivity index (χ1n) is 9.43. The predicted octanol–water partition coefficient (Wildman–Crippen LogP) is 3.65. The molecule has 142 valence electrons. The van der Waals surface area contributed by atoms with Crippen LogP contribution in [0, 0.1) is 6.92 Å². The molecule has 2 aromatic rings. The van der Waals surface area contributed by atoms with Crippen molar-refractivity contribution in [3.8, 4) is 0 Å². The number of carbonyl (C=O) groups is 2. The van der Waals surface area contributed by atoms with E-state index >= 15 is 0 Å². The summed E-state index contributed by atoms with van der Waals surface area (Å²) >= 11 is 1.69. The molecule has 1 fully saturated rings. The second kappa shape index (κ2) is 9.09. The summed E-state index contributed by atoms with van der Waals surface area (Å²) in [5.74, 6) is 0.539. The van der Waals surface area contributed by atoms with Gasteiger partial charge < -0.3 is 10.2 Å². The lowest BCUT2D eigenvalue weighted by molar-refractivity contribution is -0.124. The quantitative estimate of drug-likeness (QED) is 0.830. The summed E-state index contributed by atoms with van der Waals surface area (Å²) < 4.78 is 0. The maximum atomic E-state index is 13.2. The summed E-state index contributed by atoms with van der Waals surface area (Å²) in [6.45, 7) is 4.57. The molecule has 0 bridgehead atoms. The van der Waals surface area contributed by atoms with Crippen LogP contribution in [0.2, 0.25) is 0 Å². The zero-order valence-electron chi connectivity index (χ0n) is 15.9. The Bertz CT molecular complexity index is 794. The van der Waals surface area contributed by atoms with E-state index in [2.05, 4.69) is 24.4 Å². The van der Waals surface area contributed by atoms with Crippen molar-refractivity contribution in [3.63, 3.8) is 0 Å². The van der Waals surface area contributed by atoms with E-state index in [0.29, 0.717) is 17.9 Å². The number of nitrogens with one attached hydrogen (secondary N) is 1. The molecule has 3 rings (SSSR count). The molecule has 1 aliphatic rings. The van der Waals surface area contributed by atoms with Gasteiger partial charge in [0.25, 0.3) is 5.91 Å². The molecule has 0 aliphatic carbocycles. The van der Waals surface area contributed by atoms with Gasteiger partial charge in [0.15, 0.2) is 0 Å². The Labute approximate surface area is 165 Å². The van der Waals surface area contributed by atoms with Crippen LogP contribution < -0.4 is 5.32 Å². The number of benzene rings is 2. The summed E-state index contributed by atoms with van der Waals surface area (Å²) in [4.78, 5) is 27.8. The van der Waals surface area contributed by atoms with Gasteiger partial charge >= 0.3 is 0 Å². The Morgan fingerprint density at radius 3 is 2.52 bits per heavy atom. The van der Waals surface area contributed by atoms with Gasteiger partial charge in [-0.25, -0.2) is 0 Å². The van der Waals surface area contributed by atoms with Crippen molar-refractivity contribution in [1.29, 1.82) is 0 Å². The van der Waals surface area contributed by atoms with Gasteiger partial charge in [0.05, 0.1) is 5.37 Å². The molecule has 5 heteroatoms. The Hall–Kier alpha value is -2.27. The van der Waals surface area contributed by atoms with Crippen molar-refractivity contribution in [3.05, 3.63) is 71.3 Å². The average molecular weight is 383 g/mol. The van der Waals surface area contributed by atoms with E-state index < -0.39 is 6.04 Å². The van der Waals surface area contributed by atoms with Crippen molar-refractivity contribution in [1.82, 2.24) is 10.2 Å². The normalized spacial score (nSPS) is 19.1. The molecule has 2 atom stereocenters. The van der Waals surface area contributed by atoms with E-state index in [1.165, 1.54) is 5.56 Å². The van der Waals surface area contributed by atoms with Gasteiger partial charge in [-0.05, 0) is 37.0 Å². The number of rotatable bonds is 6. The largest absolute Gasteiger partial charge is 0.354 e. The van der Waals surface area contributed by atoms with Gasteiger partial charge in [0.1, 0.15) is 6.04 Å². The standard InChI is InChI=1S/C22H26N2O2S/c1-3-20-24(22(26)18-12-8-7-9-16(18)2)19(15-27-20)21(25)23-14-13-17-10-5-4-6-11-17/h4-12,19-20H,3,13-15H2,1-2H3,(H,23,25). The van der Waals surface area contributed by atoms with Crippen molar-refractivity contribution in [2.45, 2.75) is 38.1 Å².